The van der Waals surface area contributed by atoms with Gasteiger partial charge in [-0.3, -0.25) is 4.79 Å². The highest BCUT2D eigenvalue weighted by molar-refractivity contribution is 6.31. The smallest absolute Gasteiger partial charge is 0.253 e. The van der Waals surface area contributed by atoms with E-state index in [1.165, 1.54) is 6.42 Å². The molecule has 2 rings (SSSR count). The molecule has 110 valence electrons. The SMILES string of the molecule is CCCNc1ccc(Cl)cc1C(=O)NC1(CC)CCC1. The molecule has 20 heavy (non-hydrogen) atoms. The van der Waals surface area contributed by atoms with Crippen LogP contribution in [0.5, 0.6) is 0 Å². The van der Waals surface area contributed by atoms with Gasteiger partial charge in [-0.05, 0) is 50.3 Å². The summed E-state index contributed by atoms with van der Waals surface area (Å²) in [5.41, 5.74) is 1.51. The molecule has 1 amide bonds. The fraction of sp³-hybridized carbons (Fsp3) is 0.562. The first-order valence-corrected chi connectivity index (χ1v) is 7.84. The van der Waals surface area contributed by atoms with Gasteiger partial charge in [-0.1, -0.05) is 25.4 Å². The van der Waals surface area contributed by atoms with Gasteiger partial charge in [-0.25, -0.2) is 0 Å². The molecule has 3 nitrogen and oxygen atoms in total. The van der Waals surface area contributed by atoms with Crippen LogP contribution in [0.25, 0.3) is 0 Å². The highest BCUT2D eigenvalue weighted by Gasteiger charge is 2.36. The maximum absolute atomic E-state index is 12.5. The first kappa shape index (κ1) is 15.2. The number of anilines is 1. The van der Waals surface area contributed by atoms with Crippen molar-refractivity contribution < 1.29 is 4.79 Å². The molecule has 0 atom stereocenters. The van der Waals surface area contributed by atoms with Crippen LogP contribution in [0.4, 0.5) is 5.69 Å². The molecule has 1 fully saturated rings. The van der Waals surface area contributed by atoms with E-state index in [9.17, 15) is 4.79 Å². The van der Waals surface area contributed by atoms with Crippen molar-refractivity contribution in [2.24, 2.45) is 0 Å². The molecule has 1 aliphatic rings. The zero-order valence-electron chi connectivity index (χ0n) is 12.3. The number of halogens is 1. The number of carbonyl (C=O) groups excluding carboxylic acids is 1. The maximum atomic E-state index is 12.5. The van der Waals surface area contributed by atoms with Crippen molar-refractivity contribution in [2.75, 3.05) is 11.9 Å². The summed E-state index contributed by atoms with van der Waals surface area (Å²) in [7, 11) is 0. The minimum atomic E-state index is -0.0207. The Balaban J connectivity index is 2.17. The molecule has 0 aliphatic heterocycles. The topological polar surface area (TPSA) is 41.1 Å². The fourth-order valence-corrected chi connectivity index (χ4v) is 2.77. The summed E-state index contributed by atoms with van der Waals surface area (Å²) in [4.78, 5) is 12.5. The number of carbonyl (C=O) groups is 1. The second-order valence-electron chi connectivity index (χ2n) is 5.56. The summed E-state index contributed by atoms with van der Waals surface area (Å²) in [5.74, 6) is -0.0207. The Morgan fingerprint density at radius 2 is 2.10 bits per heavy atom. The van der Waals surface area contributed by atoms with Crippen LogP contribution in [-0.4, -0.2) is 18.0 Å². The van der Waals surface area contributed by atoms with E-state index >= 15 is 0 Å². The largest absolute Gasteiger partial charge is 0.384 e. The van der Waals surface area contributed by atoms with Crippen LogP contribution < -0.4 is 10.6 Å². The van der Waals surface area contributed by atoms with E-state index in [0.29, 0.717) is 10.6 Å². The molecule has 0 saturated heterocycles. The van der Waals surface area contributed by atoms with E-state index in [0.717, 1.165) is 37.9 Å². The number of hydrogen-bond acceptors (Lipinski definition) is 2. The summed E-state index contributed by atoms with van der Waals surface area (Å²) in [6.07, 6.45) is 5.35. The van der Waals surface area contributed by atoms with Crippen molar-refractivity contribution in [1.29, 1.82) is 0 Å². The number of rotatable bonds is 6. The predicted molar refractivity (Wildman–Crippen MR) is 84.6 cm³/mol. The summed E-state index contributed by atoms with van der Waals surface area (Å²) in [5, 5.41) is 7.09. The number of benzene rings is 1. The lowest BCUT2D eigenvalue weighted by Gasteiger charge is -2.42. The van der Waals surface area contributed by atoms with Gasteiger partial charge in [0.25, 0.3) is 5.91 Å². The van der Waals surface area contributed by atoms with Crippen LogP contribution in [-0.2, 0) is 0 Å². The zero-order valence-corrected chi connectivity index (χ0v) is 13.0. The third-order valence-electron chi connectivity index (χ3n) is 4.16. The van der Waals surface area contributed by atoms with Gasteiger partial charge in [-0.15, -0.1) is 0 Å². The van der Waals surface area contributed by atoms with Gasteiger partial charge >= 0.3 is 0 Å². The van der Waals surface area contributed by atoms with Gasteiger partial charge in [0.1, 0.15) is 0 Å². The van der Waals surface area contributed by atoms with Crippen molar-refractivity contribution in [3.05, 3.63) is 28.8 Å². The second kappa shape index (κ2) is 6.49. The van der Waals surface area contributed by atoms with E-state index in [1.54, 1.807) is 6.07 Å². The van der Waals surface area contributed by atoms with Crippen LogP contribution in [0.15, 0.2) is 18.2 Å². The molecule has 1 aromatic carbocycles. The zero-order chi connectivity index (χ0) is 14.6. The lowest BCUT2D eigenvalue weighted by atomic mass is 9.74. The summed E-state index contributed by atoms with van der Waals surface area (Å²) in [6.45, 7) is 5.08. The average molecular weight is 295 g/mol. The Bertz CT molecular complexity index is 478. The minimum absolute atomic E-state index is 0.00142. The van der Waals surface area contributed by atoms with Crippen LogP contribution in [0.1, 0.15) is 56.3 Å². The van der Waals surface area contributed by atoms with Crippen molar-refractivity contribution >= 4 is 23.2 Å². The Morgan fingerprint density at radius 1 is 1.35 bits per heavy atom. The monoisotopic (exact) mass is 294 g/mol. The van der Waals surface area contributed by atoms with Gasteiger partial charge in [-0.2, -0.15) is 0 Å². The minimum Gasteiger partial charge on any atom is -0.384 e. The molecule has 1 aliphatic carbocycles. The normalized spacial score (nSPS) is 16.4. The standard InChI is InChI=1S/C16H23ClN2O/c1-3-10-18-14-7-6-12(17)11-13(14)15(20)19-16(4-2)8-5-9-16/h6-7,11,18H,3-5,8-10H2,1-2H3,(H,19,20). The molecule has 0 aromatic heterocycles. The molecular weight excluding hydrogens is 272 g/mol. The molecule has 2 N–H and O–H groups in total. The molecule has 1 saturated carbocycles. The third kappa shape index (κ3) is 3.26. The van der Waals surface area contributed by atoms with Crippen molar-refractivity contribution in [3.63, 3.8) is 0 Å². The Hall–Kier alpha value is -1.22. The van der Waals surface area contributed by atoms with Gasteiger partial charge in [0.15, 0.2) is 0 Å². The van der Waals surface area contributed by atoms with Gasteiger partial charge < -0.3 is 10.6 Å². The Kier molecular flexibility index (Phi) is 4.92. The van der Waals surface area contributed by atoms with Gasteiger partial charge in [0.2, 0.25) is 0 Å². The predicted octanol–water partition coefficient (Wildman–Crippen LogP) is 4.22. The van der Waals surface area contributed by atoms with Crippen LogP contribution in [0, 0.1) is 0 Å². The number of hydrogen-bond donors (Lipinski definition) is 2. The van der Waals surface area contributed by atoms with Gasteiger partial charge in [0.05, 0.1) is 5.56 Å². The van der Waals surface area contributed by atoms with E-state index in [2.05, 4.69) is 24.5 Å². The summed E-state index contributed by atoms with van der Waals surface area (Å²) in [6, 6.07) is 5.44. The lowest BCUT2D eigenvalue weighted by Crippen LogP contribution is -2.53. The van der Waals surface area contributed by atoms with Crippen molar-refractivity contribution in [3.8, 4) is 0 Å². The lowest BCUT2D eigenvalue weighted by molar-refractivity contribution is 0.0821. The number of nitrogens with one attached hydrogen (secondary N) is 2. The highest BCUT2D eigenvalue weighted by Crippen LogP contribution is 2.35. The van der Waals surface area contributed by atoms with E-state index in [1.807, 2.05) is 12.1 Å². The summed E-state index contributed by atoms with van der Waals surface area (Å²) < 4.78 is 0. The fourth-order valence-electron chi connectivity index (χ4n) is 2.60. The van der Waals surface area contributed by atoms with Crippen LogP contribution in [0.2, 0.25) is 5.02 Å². The maximum Gasteiger partial charge on any atom is 0.253 e. The highest BCUT2D eigenvalue weighted by atomic mass is 35.5. The molecule has 0 unspecified atom stereocenters. The van der Waals surface area contributed by atoms with Gasteiger partial charge in [0, 0.05) is 22.8 Å². The van der Waals surface area contributed by atoms with Crippen molar-refractivity contribution in [1.82, 2.24) is 5.32 Å². The summed E-state index contributed by atoms with van der Waals surface area (Å²) >= 11 is 6.04. The molecule has 1 aromatic rings. The average Bonchev–Trinajstić information content (AvgIpc) is 2.41. The second-order valence-corrected chi connectivity index (χ2v) is 5.99. The van der Waals surface area contributed by atoms with E-state index in [4.69, 9.17) is 11.6 Å². The Morgan fingerprint density at radius 3 is 2.65 bits per heavy atom. The van der Waals surface area contributed by atoms with Crippen LogP contribution in [0.3, 0.4) is 0 Å². The molecule has 4 heteroatoms. The Labute approximate surface area is 126 Å². The third-order valence-corrected chi connectivity index (χ3v) is 4.39. The van der Waals surface area contributed by atoms with E-state index < -0.39 is 0 Å². The van der Waals surface area contributed by atoms with Crippen LogP contribution >= 0.6 is 11.6 Å². The quantitative estimate of drug-likeness (QED) is 0.824. The first-order valence-electron chi connectivity index (χ1n) is 7.46. The first-order chi connectivity index (χ1) is 9.60. The van der Waals surface area contributed by atoms with E-state index in [-0.39, 0.29) is 11.4 Å². The van der Waals surface area contributed by atoms with Crippen molar-refractivity contribution in [2.45, 2.75) is 51.5 Å². The number of amides is 1. The molecule has 0 spiro atoms. The molecular formula is C16H23ClN2O. The molecule has 0 heterocycles. The molecule has 0 bridgehead atoms. The molecule has 0 radical (unpaired) electrons.